The molecule has 1 saturated heterocycles. The maximum atomic E-state index is 13.1. The molecule has 1 aromatic carbocycles. The highest BCUT2D eigenvalue weighted by molar-refractivity contribution is 5.98. The summed E-state index contributed by atoms with van der Waals surface area (Å²) in [6.45, 7) is 9.92. The van der Waals surface area contributed by atoms with Gasteiger partial charge >= 0.3 is 0 Å². The van der Waals surface area contributed by atoms with Crippen molar-refractivity contribution in [1.82, 2.24) is 15.0 Å². The number of aryl methyl sites for hydroxylation is 3. The molecule has 6 nitrogen and oxygen atoms in total. The fourth-order valence-corrected chi connectivity index (χ4v) is 3.81. The van der Waals surface area contributed by atoms with Gasteiger partial charge in [0.25, 0.3) is 5.91 Å². The predicted octanol–water partition coefficient (Wildman–Crippen LogP) is 3.69. The monoisotopic (exact) mass is 367 g/mol. The van der Waals surface area contributed by atoms with E-state index in [-0.39, 0.29) is 5.91 Å². The van der Waals surface area contributed by atoms with E-state index in [1.807, 2.05) is 49.9 Å². The summed E-state index contributed by atoms with van der Waals surface area (Å²) in [6, 6.07) is 7.81. The molecule has 0 atom stereocenters. The summed E-state index contributed by atoms with van der Waals surface area (Å²) in [5, 5.41) is 5.05. The number of nitrogens with zero attached hydrogens (tertiary/aromatic N) is 3. The van der Waals surface area contributed by atoms with Crippen LogP contribution in [0.1, 0.15) is 39.6 Å². The molecule has 0 N–H and O–H groups in total. The number of hydrogen-bond donors (Lipinski definition) is 0. The van der Waals surface area contributed by atoms with Crippen molar-refractivity contribution in [1.29, 1.82) is 0 Å². The van der Waals surface area contributed by atoms with Gasteiger partial charge in [0, 0.05) is 49.2 Å². The summed E-state index contributed by atoms with van der Waals surface area (Å²) in [7, 11) is 0. The average molecular weight is 367 g/mol. The molecule has 0 spiro atoms. The zero-order valence-electron chi connectivity index (χ0n) is 16.1. The molecule has 142 valence electrons. The molecule has 4 rings (SSSR count). The van der Waals surface area contributed by atoms with Crippen LogP contribution in [-0.2, 0) is 6.54 Å². The Balaban J connectivity index is 1.47. The molecule has 1 aliphatic heterocycles. The zero-order valence-corrected chi connectivity index (χ0v) is 16.1. The lowest BCUT2D eigenvalue weighted by molar-refractivity contribution is 0.0730. The number of rotatable bonds is 3. The Morgan fingerprint density at radius 1 is 1.11 bits per heavy atom. The summed E-state index contributed by atoms with van der Waals surface area (Å²) < 4.78 is 11.1. The van der Waals surface area contributed by atoms with Crippen LogP contribution < -0.4 is 0 Å². The van der Waals surface area contributed by atoms with E-state index in [1.165, 1.54) is 0 Å². The van der Waals surface area contributed by atoms with Gasteiger partial charge in [0.1, 0.15) is 11.3 Å². The first-order valence-corrected chi connectivity index (χ1v) is 9.46. The molecule has 1 fully saturated rings. The van der Waals surface area contributed by atoms with Crippen LogP contribution in [-0.4, -0.2) is 47.0 Å². The van der Waals surface area contributed by atoms with Crippen LogP contribution in [0.2, 0.25) is 0 Å². The first-order chi connectivity index (χ1) is 13.0. The molecule has 0 unspecified atom stereocenters. The molecule has 0 aliphatic carbocycles. The van der Waals surface area contributed by atoms with Gasteiger partial charge in [-0.2, -0.15) is 0 Å². The van der Waals surface area contributed by atoms with Gasteiger partial charge in [0.15, 0.2) is 5.76 Å². The molecule has 1 aliphatic rings. The highest BCUT2D eigenvalue weighted by atomic mass is 16.5. The smallest absolute Gasteiger partial charge is 0.289 e. The summed E-state index contributed by atoms with van der Waals surface area (Å²) in [5.74, 6) is 1.33. The minimum Gasteiger partial charge on any atom is -0.451 e. The van der Waals surface area contributed by atoms with Crippen molar-refractivity contribution < 1.29 is 13.7 Å². The molecular formula is C21H25N3O3. The lowest BCUT2D eigenvalue weighted by Crippen LogP contribution is -2.35. The van der Waals surface area contributed by atoms with E-state index in [0.717, 1.165) is 66.2 Å². The topological polar surface area (TPSA) is 62.7 Å². The van der Waals surface area contributed by atoms with Crippen molar-refractivity contribution in [3.8, 4) is 0 Å². The van der Waals surface area contributed by atoms with Gasteiger partial charge in [-0.15, -0.1) is 0 Å². The Morgan fingerprint density at radius 3 is 2.67 bits per heavy atom. The lowest BCUT2D eigenvalue weighted by Gasteiger charge is -2.21. The average Bonchev–Trinajstić information content (AvgIpc) is 3.05. The summed E-state index contributed by atoms with van der Waals surface area (Å²) in [4.78, 5) is 17.3. The van der Waals surface area contributed by atoms with E-state index in [1.54, 1.807) is 0 Å². The fourth-order valence-electron chi connectivity index (χ4n) is 3.81. The van der Waals surface area contributed by atoms with E-state index in [0.29, 0.717) is 12.3 Å². The van der Waals surface area contributed by atoms with Crippen molar-refractivity contribution in [3.05, 3.63) is 52.6 Å². The second kappa shape index (κ2) is 7.19. The van der Waals surface area contributed by atoms with Gasteiger partial charge in [-0.05, 0) is 33.3 Å². The Labute approximate surface area is 158 Å². The van der Waals surface area contributed by atoms with E-state index in [2.05, 4.69) is 10.1 Å². The maximum absolute atomic E-state index is 13.1. The first kappa shape index (κ1) is 17.8. The second-order valence-electron chi connectivity index (χ2n) is 7.28. The third-order valence-corrected chi connectivity index (χ3v) is 5.48. The third-order valence-electron chi connectivity index (χ3n) is 5.48. The minimum atomic E-state index is -0.0112. The number of fused-ring (bicyclic) bond motifs is 1. The van der Waals surface area contributed by atoms with Gasteiger partial charge in [0.05, 0.1) is 5.69 Å². The number of para-hydroxylation sites is 1. The lowest BCUT2D eigenvalue weighted by atomic mass is 10.1. The number of benzene rings is 1. The fraction of sp³-hybridized carbons (Fsp3) is 0.429. The van der Waals surface area contributed by atoms with Crippen LogP contribution >= 0.6 is 0 Å². The van der Waals surface area contributed by atoms with Crippen LogP contribution in [0.5, 0.6) is 0 Å². The van der Waals surface area contributed by atoms with Gasteiger partial charge in [-0.1, -0.05) is 23.4 Å². The normalized spacial score (nSPS) is 16.0. The highest BCUT2D eigenvalue weighted by Gasteiger charge is 2.26. The molecular weight excluding hydrogens is 342 g/mol. The van der Waals surface area contributed by atoms with Crippen molar-refractivity contribution in [2.24, 2.45) is 0 Å². The van der Waals surface area contributed by atoms with Crippen molar-refractivity contribution in [2.75, 3.05) is 26.2 Å². The maximum Gasteiger partial charge on any atom is 0.289 e. The molecule has 3 aromatic rings. The summed E-state index contributed by atoms with van der Waals surface area (Å²) in [5.41, 5.74) is 3.80. The molecule has 0 bridgehead atoms. The molecule has 6 heteroatoms. The van der Waals surface area contributed by atoms with Gasteiger partial charge in [-0.25, -0.2) is 0 Å². The third kappa shape index (κ3) is 3.37. The van der Waals surface area contributed by atoms with E-state index in [9.17, 15) is 4.79 Å². The number of hydrogen-bond acceptors (Lipinski definition) is 5. The van der Waals surface area contributed by atoms with Crippen LogP contribution in [0, 0.1) is 20.8 Å². The van der Waals surface area contributed by atoms with Crippen LogP contribution in [0.4, 0.5) is 0 Å². The van der Waals surface area contributed by atoms with Crippen molar-refractivity contribution in [2.45, 2.75) is 33.7 Å². The van der Waals surface area contributed by atoms with E-state index >= 15 is 0 Å². The molecule has 1 amide bonds. The van der Waals surface area contributed by atoms with Crippen LogP contribution in [0.3, 0.4) is 0 Å². The molecule has 2 aromatic heterocycles. The highest BCUT2D eigenvalue weighted by Crippen LogP contribution is 2.26. The second-order valence-corrected chi connectivity index (χ2v) is 7.28. The number of aromatic nitrogens is 1. The van der Waals surface area contributed by atoms with Crippen molar-refractivity contribution in [3.63, 3.8) is 0 Å². The zero-order chi connectivity index (χ0) is 19.0. The Hall–Kier alpha value is -2.60. The Bertz CT molecular complexity index is 953. The van der Waals surface area contributed by atoms with E-state index < -0.39 is 0 Å². The van der Waals surface area contributed by atoms with Crippen molar-refractivity contribution >= 4 is 16.9 Å². The quantitative estimate of drug-likeness (QED) is 0.706. The van der Waals surface area contributed by atoms with Gasteiger partial charge in [-0.3, -0.25) is 9.69 Å². The molecule has 27 heavy (non-hydrogen) atoms. The number of carbonyl (C=O) groups is 1. The Kier molecular flexibility index (Phi) is 4.74. The molecule has 0 radical (unpaired) electrons. The Morgan fingerprint density at radius 2 is 1.93 bits per heavy atom. The minimum absolute atomic E-state index is 0.0112. The van der Waals surface area contributed by atoms with Gasteiger partial charge in [0.2, 0.25) is 0 Å². The largest absolute Gasteiger partial charge is 0.451 e. The number of carbonyl (C=O) groups excluding carboxylic acids is 1. The number of furan rings is 1. The van der Waals surface area contributed by atoms with Crippen LogP contribution in [0.25, 0.3) is 11.0 Å². The summed E-state index contributed by atoms with van der Waals surface area (Å²) in [6.07, 6.45) is 0.939. The summed E-state index contributed by atoms with van der Waals surface area (Å²) >= 11 is 0. The number of amides is 1. The first-order valence-electron chi connectivity index (χ1n) is 9.46. The SMILES string of the molecule is Cc1noc(C)c1CN1CCCN(C(=O)c2oc3ccccc3c2C)CC1. The molecule has 3 heterocycles. The predicted molar refractivity (Wildman–Crippen MR) is 103 cm³/mol. The van der Waals surface area contributed by atoms with Crippen LogP contribution in [0.15, 0.2) is 33.2 Å². The van der Waals surface area contributed by atoms with E-state index in [4.69, 9.17) is 8.94 Å². The standard InChI is InChI=1S/C21H25N3O3/c1-14-17-7-4-5-8-19(17)26-20(14)21(25)24-10-6-9-23(11-12-24)13-18-15(2)22-27-16(18)3/h4-5,7-8H,6,9-13H2,1-3H3. The molecule has 0 saturated carbocycles. The van der Waals surface area contributed by atoms with Gasteiger partial charge < -0.3 is 13.8 Å².